The number of likely N-dealkylation sites (tertiary alicyclic amines) is 1. The van der Waals surface area contributed by atoms with Crippen molar-refractivity contribution in [3.05, 3.63) is 0 Å². The summed E-state index contributed by atoms with van der Waals surface area (Å²) < 4.78 is 0. The number of piperidine rings is 1. The van der Waals surface area contributed by atoms with Crippen LogP contribution in [-0.2, 0) is 4.79 Å². The highest BCUT2D eigenvalue weighted by Crippen LogP contribution is 2.12. The number of carbonyl (C=O) groups excluding carboxylic acids is 1. The lowest BCUT2D eigenvalue weighted by atomic mass is 10.1. The molecule has 0 aliphatic carbocycles. The molecule has 29 heavy (non-hydrogen) atoms. The smallest absolute Gasteiger partial charge is 0.220 e. The number of unbranched alkanes of at least 4 members (excludes halogenated alkanes) is 8. The van der Waals surface area contributed by atoms with Gasteiger partial charge in [0.15, 0.2) is 0 Å². The maximum Gasteiger partial charge on any atom is 0.220 e. The van der Waals surface area contributed by atoms with E-state index in [1.807, 2.05) is 0 Å². The van der Waals surface area contributed by atoms with E-state index in [1.54, 1.807) is 11.8 Å². The standard InChI is InChI=1S/C22H44N2O2S.2ClH/c1-2-3-4-5-6-7-8-9-11-14-22(26)23-15-18-27-20-21(25)19-24-16-12-10-13-17-24;;/h21,25H,2-20H2,1H3,(H,23,26);2*1H. The fraction of sp³-hybridized carbons (Fsp3) is 0.955. The van der Waals surface area contributed by atoms with Gasteiger partial charge in [-0.2, -0.15) is 11.8 Å². The molecule has 1 saturated heterocycles. The van der Waals surface area contributed by atoms with Gasteiger partial charge in [0.1, 0.15) is 0 Å². The van der Waals surface area contributed by atoms with E-state index >= 15 is 0 Å². The van der Waals surface area contributed by atoms with Gasteiger partial charge >= 0.3 is 0 Å². The van der Waals surface area contributed by atoms with Crippen molar-refractivity contribution in [2.24, 2.45) is 0 Å². The van der Waals surface area contributed by atoms with E-state index in [-0.39, 0.29) is 36.8 Å². The van der Waals surface area contributed by atoms with Crippen molar-refractivity contribution in [1.29, 1.82) is 0 Å². The van der Waals surface area contributed by atoms with Crippen LogP contribution in [0.15, 0.2) is 0 Å². The third-order valence-electron chi connectivity index (χ3n) is 5.30. The molecule has 0 saturated carbocycles. The summed E-state index contributed by atoms with van der Waals surface area (Å²) >= 11 is 1.74. The monoisotopic (exact) mass is 472 g/mol. The summed E-state index contributed by atoms with van der Waals surface area (Å²) in [5.74, 6) is 1.85. The van der Waals surface area contributed by atoms with Gasteiger partial charge in [0.2, 0.25) is 5.91 Å². The van der Waals surface area contributed by atoms with Gasteiger partial charge < -0.3 is 15.3 Å². The molecule has 1 aliphatic rings. The van der Waals surface area contributed by atoms with E-state index in [9.17, 15) is 9.90 Å². The SMILES string of the molecule is CCCCCCCCCCCC(=O)NCCSCC(O)CN1CCCCC1.Cl.Cl. The number of amides is 1. The first kappa shape index (κ1) is 31.5. The van der Waals surface area contributed by atoms with Crippen LogP contribution < -0.4 is 5.32 Å². The number of aliphatic hydroxyl groups excluding tert-OH is 1. The Labute approximate surface area is 196 Å². The van der Waals surface area contributed by atoms with E-state index < -0.39 is 0 Å². The van der Waals surface area contributed by atoms with Crippen molar-refractivity contribution >= 4 is 42.5 Å². The average molecular weight is 474 g/mol. The normalized spacial score (nSPS) is 15.2. The average Bonchev–Trinajstić information content (AvgIpc) is 2.67. The number of nitrogens with zero attached hydrogens (tertiary/aromatic N) is 1. The zero-order chi connectivity index (χ0) is 19.6. The minimum Gasteiger partial charge on any atom is -0.391 e. The number of rotatable bonds is 17. The van der Waals surface area contributed by atoms with Crippen LogP contribution in [0, 0.1) is 0 Å². The van der Waals surface area contributed by atoms with Crippen molar-refractivity contribution in [2.75, 3.05) is 37.7 Å². The van der Waals surface area contributed by atoms with Crippen LogP contribution in [0.5, 0.6) is 0 Å². The van der Waals surface area contributed by atoms with Crippen molar-refractivity contribution < 1.29 is 9.90 Å². The number of nitrogens with one attached hydrogen (secondary N) is 1. The Balaban J connectivity index is 0. The lowest BCUT2D eigenvalue weighted by molar-refractivity contribution is -0.121. The molecule has 4 nitrogen and oxygen atoms in total. The van der Waals surface area contributed by atoms with Gasteiger partial charge in [0.25, 0.3) is 0 Å². The lowest BCUT2D eigenvalue weighted by Gasteiger charge is -2.28. The summed E-state index contributed by atoms with van der Waals surface area (Å²) in [6.07, 6.45) is 15.9. The van der Waals surface area contributed by atoms with E-state index in [4.69, 9.17) is 0 Å². The Morgan fingerprint density at radius 1 is 0.966 bits per heavy atom. The second-order valence-corrected chi connectivity index (χ2v) is 9.17. The Bertz CT molecular complexity index is 360. The highest BCUT2D eigenvalue weighted by Gasteiger charge is 2.14. The van der Waals surface area contributed by atoms with Gasteiger partial charge in [-0.25, -0.2) is 0 Å². The van der Waals surface area contributed by atoms with Crippen molar-refractivity contribution in [3.8, 4) is 0 Å². The van der Waals surface area contributed by atoms with Crippen LogP contribution in [0.25, 0.3) is 0 Å². The molecule has 0 radical (unpaired) electrons. The third-order valence-corrected chi connectivity index (χ3v) is 6.42. The van der Waals surface area contributed by atoms with Gasteiger partial charge in [-0.3, -0.25) is 4.79 Å². The first-order valence-corrected chi connectivity index (χ1v) is 12.6. The Morgan fingerprint density at radius 3 is 2.17 bits per heavy atom. The highest BCUT2D eigenvalue weighted by atomic mass is 35.5. The number of carbonyl (C=O) groups is 1. The maximum absolute atomic E-state index is 11.8. The van der Waals surface area contributed by atoms with Gasteiger partial charge in [-0.1, -0.05) is 64.7 Å². The molecule has 0 aromatic carbocycles. The summed E-state index contributed by atoms with van der Waals surface area (Å²) in [4.78, 5) is 14.2. The molecule has 1 fully saturated rings. The summed E-state index contributed by atoms with van der Waals surface area (Å²) in [5.41, 5.74) is 0. The van der Waals surface area contributed by atoms with Crippen LogP contribution in [-0.4, -0.2) is 59.7 Å². The van der Waals surface area contributed by atoms with Gasteiger partial charge in [0, 0.05) is 31.0 Å². The minimum absolute atomic E-state index is 0. The van der Waals surface area contributed by atoms with Crippen LogP contribution in [0.2, 0.25) is 0 Å². The van der Waals surface area contributed by atoms with E-state index in [0.717, 1.165) is 44.1 Å². The summed E-state index contributed by atoms with van der Waals surface area (Å²) in [6.45, 7) is 6.05. The molecule has 7 heteroatoms. The van der Waals surface area contributed by atoms with E-state index in [2.05, 4.69) is 17.1 Å². The topological polar surface area (TPSA) is 52.6 Å². The largest absolute Gasteiger partial charge is 0.391 e. The minimum atomic E-state index is -0.245. The number of thioether (sulfide) groups is 1. The van der Waals surface area contributed by atoms with E-state index in [1.165, 1.54) is 70.6 Å². The van der Waals surface area contributed by atoms with Crippen LogP contribution >= 0.6 is 36.6 Å². The fourth-order valence-corrected chi connectivity index (χ4v) is 4.45. The number of hydrogen-bond acceptors (Lipinski definition) is 4. The molecule has 1 rings (SSSR count). The predicted octanol–water partition coefficient (Wildman–Crippen LogP) is 5.45. The first-order valence-electron chi connectivity index (χ1n) is 11.5. The molecular formula is C22H46Cl2N2O2S. The molecule has 1 amide bonds. The molecule has 0 aromatic heterocycles. The summed E-state index contributed by atoms with van der Waals surface area (Å²) in [7, 11) is 0. The Hall–Kier alpha value is 0.320. The maximum atomic E-state index is 11.8. The number of aliphatic hydroxyl groups is 1. The van der Waals surface area contributed by atoms with Gasteiger partial charge in [-0.15, -0.1) is 24.8 Å². The zero-order valence-corrected chi connectivity index (χ0v) is 21.0. The zero-order valence-electron chi connectivity index (χ0n) is 18.5. The third kappa shape index (κ3) is 20.0. The molecule has 2 N–H and O–H groups in total. The van der Waals surface area contributed by atoms with Crippen molar-refractivity contribution in [2.45, 2.75) is 96.5 Å². The highest BCUT2D eigenvalue weighted by molar-refractivity contribution is 7.99. The van der Waals surface area contributed by atoms with Crippen molar-refractivity contribution in [1.82, 2.24) is 10.2 Å². The Kier molecular flexibility index (Phi) is 25.0. The first-order chi connectivity index (χ1) is 13.2. The van der Waals surface area contributed by atoms with E-state index in [0.29, 0.717) is 6.42 Å². The summed E-state index contributed by atoms with van der Waals surface area (Å²) in [5, 5.41) is 13.1. The van der Waals surface area contributed by atoms with Gasteiger partial charge in [-0.05, 0) is 32.4 Å². The molecule has 1 aliphatic heterocycles. The van der Waals surface area contributed by atoms with Gasteiger partial charge in [0.05, 0.1) is 6.10 Å². The molecule has 0 spiro atoms. The lowest BCUT2D eigenvalue weighted by Crippen LogP contribution is -2.37. The number of β-amino-alcohol motifs (C(OH)–C–C–N with tert-alkyl or cyclic N) is 1. The molecule has 0 bridgehead atoms. The molecule has 1 atom stereocenters. The Morgan fingerprint density at radius 2 is 1.55 bits per heavy atom. The quantitative estimate of drug-likeness (QED) is 0.276. The second-order valence-electron chi connectivity index (χ2n) is 8.02. The van der Waals surface area contributed by atoms with Crippen LogP contribution in [0.3, 0.4) is 0 Å². The van der Waals surface area contributed by atoms with Crippen LogP contribution in [0.4, 0.5) is 0 Å². The number of halogens is 2. The van der Waals surface area contributed by atoms with Crippen LogP contribution in [0.1, 0.15) is 90.4 Å². The number of hydrogen-bond donors (Lipinski definition) is 2. The van der Waals surface area contributed by atoms with Crippen molar-refractivity contribution in [3.63, 3.8) is 0 Å². The predicted molar refractivity (Wildman–Crippen MR) is 133 cm³/mol. The molecule has 1 unspecified atom stereocenters. The molecule has 176 valence electrons. The summed E-state index contributed by atoms with van der Waals surface area (Å²) in [6, 6.07) is 0. The second kappa shape index (κ2) is 23.0. The molecule has 0 aromatic rings. The molecular weight excluding hydrogens is 427 g/mol. The molecule has 1 heterocycles. The fourth-order valence-electron chi connectivity index (χ4n) is 3.66.